The standard InChI is InChI=1S/C27H23ClN4O3/c1-16-10-22(27-29-8-9-35-27)21(13-23(16)28)17-5-7-20-24(11-17)32-31-15-25(20)30-14-18-4-6-19(33-2)12-26(18)34-3/h4-13,15H,14H2,1-3H3,(H,30,32). The number of methoxy groups -OCH3 is 2. The number of hydrogen-bond donors (Lipinski definition) is 1. The molecule has 0 aliphatic rings. The van der Waals surface area contributed by atoms with Gasteiger partial charge in [0, 0.05) is 34.1 Å². The van der Waals surface area contributed by atoms with Crippen molar-refractivity contribution >= 4 is 28.2 Å². The molecule has 0 saturated heterocycles. The third-order valence-corrected chi connectivity index (χ3v) is 6.28. The maximum atomic E-state index is 6.48. The molecule has 7 nitrogen and oxygen atoms in total. The Hall–Kier alpha value is -4.10. The van der Waals surface area contributed by atoms with Crippen LogP contribution in [0.4, 0.5) is 5.69 Å². The van der Waals surface area contributed by atoms with Crippen molar-refractivity contribution in [1.29, 1.82) is 0 Å². The van der Waals surface area contributed by atoms with E-state index in [9.17, 15) is 0 Å². The molecule has 8 heteroatoms. The number of aryl methyl sites for hydroxylation is 1. The molecule has 0 saturated carbocycles. The molecule has 2 heterocycles. The predicted molar refractivity (Wildman–Crippen MR) is 137 cm³/mol. The Kier molecular flexibility index (Phi) is 6.25. The Bertz CT molecular complexity index is 1500. The van der Waals surface area contributed by atoms with Crippen molar-refractivity contribution in [3.8, 4) is 34.1 Å². The zero-order valence-corrected chi connectivity index (χ0v) is 20.3. The van der Waals surface area contributed by atoms with Crippen LogP contribution in [0.15, 0.2) is 71.6 Å². The predicted octanol–water partition coefficient (Wildman–Crippen LogP) is 6.54. The lowest BCUT2D eigenvalue weighted by atomic mass is 9.96. The lowest BCUT2D eigenvalue weighted by Crippen LogP contribution is -2.03. The molecule has 0 spiro atoms. The summed E-state index contributed by atoms with van der Waals surface area (Å²) in [5.74, 6) is 2.03. The summed E-state index contributed by atoms with van der Waals surface area (Å²) in [6.07, 6.45) is 4.91. The molecule has 176 valence electrons. The molecular weight excluding hydrogens is 464 g/mol. The molecule has 35 heavy (non-hydrogen) atoms. The van der Waals surface area contributed by atoms with Crippen LogP contribution < -0.4 is 14.8 Å². The van der Waals surface area contributed by atoms with Crippen LogP contribution in [0.2, 0.25) is 5.02 Å². The molecule has 0 aliphatic carbocycles. The summed E-state index contributed by atoms with van der Waals surface area (Å²) in [7, 11) is 3.28. The van der Waals surface area contributed by atoms with Crippen LogP contribution in [-0.4, -0.2) is 29.4 Å². The molecule has 1 N–H and O–H groups in total. The topological polar surface area (TPSA) is 82.3 Å². The molecule has 0 amide bonds. The summed E-state index contributed by atoms with van der Waals surface area (Å²) in [5, 5.41) is 13.7. The molecule has 2 aromatic heterocycles. The normalized spacial score (nSPS) is 11.0. The van der Waals surface area contributed by atoms with Crippen molar-refractivity contribution in [1.82, 2.24) is 15.2 Å². The van der Waals surface area contributed by atoms with E-state index in [-0.39, 0.29) is 0 Å². The summed E-state index contributed by atoms with van der Waals surface area (Å²) in [4.78, 5) is 4.33. The van der Waals surface area contributed by atoms with Gasteiger partial charge in [0.2, 0.25) is 5.89 Å². The molecule has 0 fully saturated rings. The van der Waals surface area contributed by atoms with E-state index in [0.29, 0.717) is 17.5 Å². The summed E-state index contributed by atoms with van der Waals surface area (Å²) in [5.41, 5.74) is 6.29. The average Bonchev–Trinajstić information content (AvgIpc) is 3.43. The van der Waals surface area contributed by atoms with Gasteiger partial charge in [0.25, 0.3) is 0 Å². The van der Waals surface area contributed by atoms with Gasteiger partial charge in [-0.1, -0.05) is 17.7 Å². The van der Waals surface area contributed by atoms with Gasteiger partial charge in [-0.15, -0.1) is 0 Å². The van der Waals surface area contributed by atoms with Crippen molar-refractivity contribution in [2.45, 2.75) is 13.5 Å². The fourth-order valence-electron chi connectivity index (χ4n) is 4.01. The van der Waals surface area contributed by atoms with Crippen molar-refractivity contribution in [3.63, 3.8) is 0 Å². The first-order valence-corrected chi connectivity index (χ1v) is 11.4. The quantitative estimate of drug-likeness (QED) is 0.279. The van der Waals surface area contributed by atoms with Crippen molar-refractivity contribution in [2.24, 2.45) is 0 Å². The van der Waals surface area contributed by atoms with Gasteiger partial charge >= 0.3 is 0 Å². The van der Waals surface area contributed by atoms with Crippen LogP contribution in [0.1, 0.15) is 11.1 Å². The number of oxazole rings is 1. The molecule has 0 atom stereocenters. The maximum absolute atomic E-state index is 6.48. The lowest BCUT2D eigenvalue weighted by Gasteiger charge is -2.14. The number of halogens is 1. The summed E-state index contributed by atoms with van der Waals surface area (Å²) in [6, 6.07) is 15.7. The smallest absolute Gasteiger partial charge is 0.226 e. The van der Waals surface area contributed by atoms with Crippen LogP contribution in [0.25, 0.3) is 33.5 Å². The highest BCUT2D eigenvalue weighted by atomic mass is 35.5. The van der Waals surface area contributed by atoms with Gasteiger partial charge in [0.05, 0.1) is 37.8 Å². The number of ether oxygens (including phenoxy) is 2. The fourth-order valence-corrected chi connectivity index (χ4v) is 4.17. The Morgan fingerprint density at radius 3 is 2.66 bits per heavy atom. The average molecular weight is 487 g/mol. The summed E-state index contributed by atoms with van der Waals surface area (Å²) < 4.78 is 16.4. The molecular formula is C27H23ClN4O3. The third-order valence-electron chi connectivity index (χ3n) is 5.88. The minimum Gasteiger partial charge on any atom is -0.497 e. The van der Waals surface area contributed by atoms with Crippen LogP contribution in [-0.2, 0) is 6.54 Å². The fraction of sp³-hybridized carbons (Fsp3) is 0.148. The molecule has 0 aliphatic heterocycles. The lowest BCUT2D eigenvalue weighted by molar-refractivity contribution is 0.391. The minimum atomic E-state index is 0.537. The first-order valence-electron chi connectivity index (χ1n) is 11.0. The number of nitrogens with zero attached hydrogens (tertiary/aromatic N) is 3. The van der Waals surface area contributed by atoms with E-state index in [1.807, 2.05) is 55.5 Å². The Morgan fingerprint density at radius 2 is 1.89 bits per heavy atom. The van der Waals surface area contributed by atoms with Gasteiger partial charge < -0.3 is 19.2 Å². The van der Waals surface area contributed by atoms with Gasteiger partial charge in [-0.3, -0.25) is 0 Å². The highest BCUT2D eigenvalue weighted by Crippen LogP contribution is 2.37. The highest BCUT2D eigenvalue weighted by Gasteiger charge is 2.15. The highest BCUT2D eigenvalue weighted by molar-refractivity contribution is 6.31. The van der Waals surface area contributed by atoms with Crippen molar-refractivity contribution in [2.75, 3.05) is 19.5 Å². The van der Waals surface area contributed by atoms with Gasteiger partial charge in [-0.2, -0.15) is 10.2 Å². The number of aromatic nitrogens is 3. The third kappa shape index (κ3) is 4.50. The van der Waals surface area contributed by atoms with Gasteiger partial charge in [0.1, 0.15) is 17.8 Å². The monoisotopic (exact) mass is 486 g/mol. The van der Waals surface area contributed by atoms with Crippen molar-refractivity contribution in [3.05, 3.63) is 83.3 Å². The van der Waals surface area contributed by atoms with Gasteiger partial charge in [0.15, 0.2) is 0 Å². The number of rotatable bonds is 7. The van der Waals surface area contributed by atoms with Crippen molar-refractivity contribution < 1.29 is 13.9 Å². The van der Waals surface area contributed by atoms with E-state index in [1.54, 1.807) is 32.9 Å². The van der Waals surface area contributed by atoms with E-state index in [0.717, 1.165) is 55.9 Å². The van der Waals surface area contributed by atoms with Crippen LogP contribution >= 0.6 is 11.6 Å². The zero-order valence-electron chi connectivity index (χ0n) is 19.5. The Morgan fingerprint density at radius 1 is 1.00 bits per heavy atom. The van der Waals surface area contributed by atoms with Gasteiger partial charge in [-0.05, 0) is 60.0 Å². The Balaban J connectivity index is 1.50. The number of fused-ring (bicyclic) bond motifs is 1. The van der Waals surface area contributed by atoms with E-state index in [4.69, 9.17) is 25.5 Å². The second-order valence-electron chi connectivity index (χ2n) is 8.01. The molecule has 5 rings (SSSR count). The van der Waals surface area contributed by atoms with E-state index in [1.165, 1.54) is 0 Å². The second-order valence-corrected chi connectivity index (χ2v) is 8.41. The zero-order chi connectivity index (χ0) is 24.4. The van der Waals surface area contributed by atoms with E-state index in [2.05, 4.69) is 20.5 Å². The SMILES string of the molecule is COc1ccc(CNc2cnnc3cc(-c4cc(Cl)c(C)cc4-c4ncco4)ccc23)c(OC)c1. The van der Waals surface area contributed by atoms with Crippen LogP contribution in [0.3, 0.4) is 0 Å². The first-order chi connectivity index (χ1) is 17.1. The molecule has 0 bridgehead atoms. The largest absolute Gasteiger partial charge is 0.497 e. The number of benzene rings is 3. The maximum Gasteiger partial charge on any atom is 0.226 e. The second kappa shape index (κ2) is 9.64. The van der Waals surface area contributed by atoms with E-state index >= 15 is 0 Å². The van der Waals surface area contributed by atoms with Gasteiger partial charge in [-0.25, -0.2) is 4.98 Å². The molecule has 5 aromatic rings. The molecule has 0 radical (unpaired) electrons. The molecule has 0 unspecified atom stereocenters. The number of anilines is 1. The molecule has 3 aromatic carbocycles. The summed E-state index contributed by atoms with van der Waals surface area (Å²) >= 11 is 6.48. The number of hydrogen-bond acceptors (Lipinski definition) is 7. The summed E-state index contributed by atoms with van der Waals surface area (Å²) in [6.45, 7) is 2.51. The minimum absolute atomic E-state index is 0.537. The van der Waals surface area contributed by atoms with E-state index < -0.39 is 0 Å². The number of nitrogens with one attached hydrogen (secondary N) is 1. The Labute approximate surface area is 207 Å². The van der Waals surface area contributed by atoms with Crippen LogP contribution in [0, 0.1) is 6.92 Å². The van der Waals surface area contributed by atoms with Crippen LogP contribution in [0.5, 0.6) is 11.5 Å². The first kappa shape index (κ1) is 22.7.